The van der Waals surface area contributed by atoms with Crippen LogP contribution in [0.3, 0.4) is 0 Å². The van der Waals surface area contributed by atoms with Crippen molar-refractivity contribution in [2.75, 3.05) is 0 Å². The molecule has 0 spiro atoms. The van der Waals surface area contributed by atoms with Crippen LogP contribution in [-0.4, -0.2) is 12.1 Å². The summed E-state index contributed by atoms with van der Waals surface area (Å²) in [7, 11) is 0. The lowest BCUT2D eigenvalue weighted by atomic mass is 9.82. The normalized spacial score (nSPS) is 17.6. The lowest BCUT2D eigenvalue weighted by molar-refractivity contribution is 0.287. The summed E-state index contributed by atoms with van der Waals surface area (Å²) in [5.74, 6) is 0. The monoisotopic (exact) mass is 214 g/mol. The van der Waals surface area contributed by atoms with Gasteiger partial charge in [0.2, 0.25) is 0 Å². The number of nitrogens with two attached hydrogens (primary N) is 2. The molecule has 0 bridgehead atoms. The Morgan fingerprint density at radius 2 is 1.00 bits per heavy atom. The van der Waals surface area contributed by atoms with Crippen LogP contribution in [0.25, 0.3) is 0 Å². The van der Waals surface area contributed by atoms with E-state index >= 15 is 0 Å². The summed E-state index contributed by atoms with van der Waals surface area (Å²) in [5.41, 5.74) is 12.8. The predicted molar refractivity (Wildman–Crippen MR) is 68.7 cm³/mol. The van der Waals surface area contributed by atoms with Gasteiger partial charge in [-0.05, 0) is 30.1 Å². The van der Waals surface area contributed by atoms with Gasteiger partial charge in [-0.1, -0.05) is 41.5 Å². The fraction of sp³-hybridized carbons (Fsp3) is 1.00. The van der Waals surface area contributed by atoms with Crippen LogP contribution in [0, 0.1) is 10.8 Å². The molecule has 2 atom stereocenters. The highest BCUT2D eigenvalue weighted by molar-refractivity contribution is 4.79. The quantitative estimate of drug-likeness (QED) is 0.756. The van der Waals surface area contributed by atoms with E-state index in [1.54, 1.807) is 0 Å². The van der Waals surface area contributed by atoms with Crippen LogP contribution >= 0.6 is 0 Å². The molecule has 2 unspecified atom stereocenters. The topological polar surface area (TPSA) is 52.0 Å². The van der Waals surface area contributed by atoms with Crippen molar-refractivity contribution in [1.82, 2.24) is 0 Å². The molecule has 0 heterocycles. The molecule has 0 aromatic heterocycles. The van der Waals surface area contributed by atoms with E-state index in [0.717, 1.165) is 19.3 Å². The summed E-state index contributed by atoms with van der Waals surface area (Å²) in [6, 6.07) is 0.477. The summed E-state index contributed by atoms with van der Waals surface area (Å²) in [4.78, 5) is 0. The summed E-state index contributed by atoms with van der Waals surface area (Å²) < 4.78 is 0. The summed E-state index contributed by atoms with van der Waals surface area (Å²) in [6.45, 7) is 13.3. The van der Waals surface area contributed by atoms with Crippen molar-refractivity contribution in [1.29, 1.82) is 0 Å². The molecule has 2 heteroatoms. The molecule has 0 radical (unpaired) electrons. The maximum absolute atomic E-state index is 6.10. The van der Waals surface area contributed by atoms with Crippen LogP contribution in [0.15, 0.2) is 0 Å². The highest BCUT2D eigenvalue weighted by atomic mass is 14.7. The lowest BCUT2D eigenvalue weighted by Gasteiger charge is -2.28. The highest BCUT2D eigenvalue weighted by Crippen LogP contribution is 2.25. The zero-order chi connectivity index (χ0) is 12.3. The first kappa shape index (κ1) is 14.9. The number of rotatable bonds is 4. The zero-order valence-electron chi connectivity index (χ0n) is 11.4. The summed E-state index contributed by atoms with van der Waals surface area (Å²) >= 11 is 0. The predicted octanol–water partition coefficient (Wildman–Crippen LogP) is 2.90. The Morgan fingerprint density at radius 3 is 1.20 bits per heavy atom. The van der Waals surface area contributed by atoms with Gasteiger partial charge >= 0.3 is 0 Å². The van der Waals surface area contributed by atoms with Crippen molar-refractivity contribution in [2.45, 2.75) is 72.9 Å². The molecule has 0 fully saturated rings. The van der Waals surface area contributed by atoms with Gasteiger partial charge in [0.25, 0.3) is 0 Å². The van der Waals surface area contributed by atoms with Gasteiger partial charge in [-0.2, -0.15) is 0 Å². The molecule has 0 aliphatic carbocycles. The smallest absolute Gasteiger partial charge is 0.00585 e. The van der Waals surface area contributed by atoms with Crippen LogP contribution < -0.4 is 11.5 Å². The SMILES string of the molecule is CC(C)(C)CC(N)CC(N)CC(C)(C)C. The molecule has 0 aliphatic rings. The van der Waals surface area contributed by atoms with Crippen LogP contribution in [-0.2, 0) is 0 Å². The first-order valence-corrected chi connectivity index (χ1v) is 6.01. The van der Waals surface area contributed by atoms with Crippen molar-refractivity contribution >= 4 is 0 Å². The second kappa shape index (κ2) is 5.31. The second-order valence-electron chi connectivity index (χ2n) is 7.29. The number of hydrogen-bond acceptors (Lipinski definition) is 2. The van der Waals surface area contributed by atoms with Gasteiger partial charge in [0, 0.05) is 12.1 Å². The molecule has 0 saturated heterocycles. The van der Waals surface area contributed by atoms with Gasteiger partial charge in [0.1, 0.15) is 0 Å². The van der Waals surface area contributed by atoms with Gasteiger partial charge in [0.15, 0.2) is 0 Å². The Morgan fingerprint density at radius 1 is 0.733 bits per heavy atom. The third-order valence-electron chi connectivity index (χ3n) is 2.35. The minimum Gasteiger partial charge on any atom is -0.328 e. The molecule has 0 saturated carbocycles. The minimum atomic E-state index is 0.238. The van der Waals surface area contributed by atoms with E-state index in [0.29, 0.717) is 10.8 Å². The van der Waals surface area contributed by atoms with E-state index in [9.17, 15) is 0 Å². The lowest BCUT2D eigenvalue weighted by Crippen LogP contribution is -2.36. The first-order chi connectivity index (χ1) is 6.49. The van der Waals surface area contributed by atoms with Gasteiger partial charge in [-0.3, -0.25) is 0 Å². The van der Waals surface area contributed by atoms with E-state index in [4.69, 9.17) is 11.5 Å². The van der Waals surface area contributed by atoms with Gasteiger partial charge in [-0.25, -0.2) is 0 Å². The van der Waals surface area contributed by atoms with Crippen molar-refractivity contribution in [3.63, 3.8) is 0 Å². The van der Waals surface area contributed by atoms with E-state index < -0.39 is 0 Å². The minimum absolute atomic E-state index is 0.238. The van der Waals surface area contributed by atoms with Crippen molar-refractivity contribution in [3.8, 4) is 0 Å². The Balaban J connectivity index is 3.92. The summed E-state index contributed by atoms with van der Waals surface area (Å²) in [6.07, 6.45) is 3.03. The third kappa shape index (κ3) is 10.2. The first-order valence-electron chi connectivity index (χ1n) is 6.01. The van der Waals surface area contributed by atoms with E-state index in [2.05, 4.69) is 41.5 Å². The van der Waals surface area contributed by atoms with Gasteiger partial charge in [0.05, 0.1) is 0 Å². The fourth-order valence-electron chi connectivity index (χ4n) is 2.13. The average molecular weight is 214 g/mol. The zero-order valence-corrected chi connectivity index (χ0v) is 11.4. The van der Waals surface area contributed by atoms with Crippen molar-refractivity contribution in [3.05, 3.63) is 0 Å². The van der Waals surface area contributed by atoms with Crippen LogP contribution in [0.2, 0.25) is 0 Å². The maximum Gasteiger partial charge on any atom is 0.00585 e. The largest absolute Gasteiger partial charge is 0.328 e. The molecule has 2 nitrogen and oxygen atoms in total. The Kier molecular flexibility index (Phi) is 5.28. The molecular formula is C13H30N2. The molecule has 0 aromatic carbocycles. The second-order valence-corrected chi connectivity index (χ2v) is 7.29. The van der Waals surface area contributed by atoms with Crippen molar-refractivity contribution < 1.29 is 0 Å². The molecule has 0 rings (SSSR count). The Labute approximate surface area is 95.8 Å². The van der Waals surface area contributed by atoms with Gasteiger partial charge in [-0.15, -0.1) is 0 Å². The molecule has 0 aromatic rings. The van der Waals surface area contributed by atoms with E-state index in [-0.39, 0.29) is 12.1 Å². The maximum atomic E-state index is 6.10. The summed E-state index contributed by atoms with van der Waals surface area (Å²) in [5, 5.41) is 0. The molecule has 0 aliphatic heterocycles. The van der Waals surface area contributed by atoms with Gasteiger partial charge < -0.3 is 11.5 Å². The highest BCUT2D eigenvalue weighted by Gasteiger charge is 2.21. The van der Waals surface area contributed by atoms with Crippen LogP contribution in [0.4, 0.5) is 0 Å². The Hall–Kier alpha value is -0.0800. The fourth-order valence-corrected chi connectivity index (χ4v) is 2.13. The third-order valence-corrected chi connectivity index (χ3v) is 2.35. The molecule has 15 heavy (non-hydrogen) atoms. The Bertz CT molecular complexity index is 154. The number of hydrogen-bond donors (Lipinski definition) is 2. The standard InChI is InChI=1S/C13H30N2/c1-12(2,3)8-10(14)7-11(15)9-13(4,5)6/h10-11H,7-9,14-15H2,1-6H3. The average Bonchev–Trinajstić information content (AvgIpc) is 1.73. The van der Waals surface area contributed by atoms with E-state index in [1.807, 2.05) is 0 Å². The van der Waals surface area contributed by atoms with E-state index in [1.165, 1.54) is 0 Å². The molecule has 0 amide bonds. The molecular weight excluding hydrogens is 184 g/mol. The van der Waals surface area contributed by atoms with Crippen LogP contribution in [0.1, 0.15) is 60.8 Å². The molecule has 92 valence electrons. The van der Waals surface area contributed by atoms with Crippen molar-refractivity contribution in [2.24, 2.45) is 22.3 Å². The molecule has 4 N–H and O–H groups in total. The van der Waals surface area contributed by atoms with Crippen LogP contribution in [0.5, 0.6) is 0 Å².